The average Bonchev–Trinajstić information content (AvgIpc) is 3.20. The van der Waals surface area contributed by atoms with Gasteiger partial charge in [0.25, 0.3) is 0 Å². The molecule has 0 aliphatic carbocycles. The summed E-state index contributed by atoms with van der Waals surface area (Å²) in [4.78, 5) is 15.3. The Morgan fingerprint density at radius 1 is 1.08 bits per heavy atom. The zero-order valence-electron chi connectivity index (χ0n) is 13.4. The molecule has 2 N–H and O–H groups in total. The van der Waals surface area contributed by atoms with Crippen LogP contribution in [0.15, 0.2) is 30.9 Å². The molecular weight excluding hydrogens is 306 g/mol. The van der Waals surface area contributed by atoms with Crippen molar-refractivity contribution in [1.29, 1.82) is 0 Å². The van der Waals surface area contributed by atoms with E-state index in [0.29, 0.717) is 11.2 Å². The topological polar surface area (TPSA) is 87.3 Å². The Kier molecular flexibility index (Phi) is 3.66. The van der Waals surface area contributed by atoms with E-state index in [1.54, 1.807) is 10.9 Å². The number of aliphatic hydroxyl groups excluding tert-OH is 2. The first-order valence-corrected chi connectivity index (χ1v) is 7.94. The summed E-state index contributed by atoms with van der Waals surface area (Å²) in [6.45, 7) is 3.33. The fourth-order valence-electron chi connectivity index (χ4n) is 3.24. The van der Waals surface area contributed by atoms with E-state index in [9.17, 15) is 10.2 Å². The summed E-state index contributed by atoms with van der Waals surface area (Å²) in [6, 6.07) is 6.05. The molecule has 7 heteroatoms. The van der Waals surface area contributed by atoms with E-state index >= 15 is 0 Å². The van der Waals surface area contributed by atoms with Crippen molar-refractivity contribution < 1.29 is 10.2 Å². The molecule has 0 atom stereocenters. The molecular formula is C17H19N5O2. The molecule has 124 valence electrons. The van der Waals surface area contributed by atoms with Crippen LogP contribution in [0.4, 0.5) is 5.82 Å². The lowest BCUT2D eigenvalue weighted by atomic mass is 10.1. The maximum atomic E-state index is 9.42. The molecule has 3 heterocycles. The maximum Gasteiger partial charge on any atom is 0.165 e. The van der Waals surface area contributed by atoms with Crippen LogP contribution in [-0.2, 0) is 13.1 Å². The number of imidazole rings is 1. The Labute approximate surface area is 139 Å². The molecule has 0 saturated carbocycles. The number of rotatable bonds is 4. The molecule has 1 aliphatic heterocycles. The Balaban J connectivity index is 1.74. The third-order valence-corrected chi connectivity index (χ3v) is 4.54. The van der Waals surface area contributed by atoms with Gasteiger partial charge in [0, 0.05) is 13.1 Å². The third-order valence-electron chi connectivity index (χ3n) is 4.54. The number of benzene rings is 1. The molecule has 0 amide bonds. The number of aromatic nitrogens is 4. The minimum absolute atomic E-state index is 0.171. The van der Waals surface area contributed by atoms with Gasteiger partial charge in [0.1, 0.15) is 6.33 Å². The largest absolute Gasteiger partial charge is 0.394 e. The van der Waals surface area contributed by atoms with Crippen LogP contribution >= 0.6 is 0 Å². The number of aryl methyl sites for hydroxylation is 1. The van der Waals surface area contributed by atoms with Gasteiger partial charge in [-0.1, -0.05) is 23.8 Å². The summed E-state index contributed by atoms with van der Waals surface area (Å²) >= 11 is 0. The van der Waals surface area contributed by atoms with Crippen LogP contribution < -0.4 is 4.90 Å². The lowest BCUT2D eigenvalue weighted by molar-refractivity contribution is 0.156. The highest BCUT2D eigenvalue weighted by atomic mass is 16.3. The first kappa shape index (κ1) is 15.0. The molecule has 0 spiro atoms. The quantitative estimate of drug-likeness (QED) is 0.749. The van der Waals surface area contributed by atoms with Crippen LogP contribution in [0.5, 0.6) is 0 Å². The summed E-state index contributed by atoms with van der Waals surface area (Å²) in [7, 11) is 0. The molecule has 7 nitrogen and oxygen atoms in total. The lowest BCUT2D eigenvalue weighted by Crippen LogP contribution is -2.18. The van der Waals surface area contributed by atoms with E-state index in [1.165, 1.54) is 23.0 Å². The summed E-state index contributed by atoms with van der Waals surface area (Å²) in [5, 5.41) is 18.8. The van der Waals surface area contributed by atoms with E-state index in [4.69, 9.17) is 0 Å². The van der Waals surface area contributed by atoms with Crippen molar-refractivity contribution in [1.82, 2.24) is 19.5 Å². The van der Waals surface area contributed by atoms with Gasteiger partial charge in [0.15, 0.2) is 17.0 Å². The molecule has 4 rings (SSSR count). The van der Waals surface area contributed by atoms with Gasteiger partial charge in [-0.25, -0.2) is 15.0 Å². The highest BCUT2D eigenvalue weighted by Crippen LogP contribution is 2.31. The van der Waals surface area contributed by atoms with Crippen molar-refractivity contribution in [3.8, 4) is 0 Å². The smallest absolute Gasteiger partial charge is 0.165 e. The highest BCUT2D eigenvalue weighted by Gasteiger charge is 2.24. The molecule has 0 unspecified atom stereocenters. The second-order valence-corrected chi connectivity index (χ2v) is 6.17. The van der Waals surface area contributed by atoms with E-state index in [-0.39, 0.29) is 13.2 Å². The zero-order valence-corrected chi connectivity index (χ0v) is 13.4. The molecule has 3 aromatic rings. The zero-order chi connectivity index (χ0) is 16.7. The third kappa shape index (κ3) is 2.33. The Morgan fingerprint density at radius 3 is 2.67 bits per heavy atom. The van der Waals surface area contributed by atoms with Gasteiger partial charge in [0.05, 0.1) is 25.6 Å². The number of nitrogens with zero attached hydrogens (tertiary/aromatic N) is 5. The van der Waals surface area contributed by atoms with Gasteiger partial charge in [-0.3, -0.25) is 0 Å². The molecule has 24 heavy (non-hydrogen) atoms. The number of hydrogen-bond acceptors (Lipinski definition) is 6. The van der Waals surface area contributed by atoms with Crippen molar-refractivity contribution in [3.63, 3.8) is 0 Å². The summed E-state index contributed by atoms with van der Waals surface area (Å²) in [6.07, 6.45) is 3.11. The molecule has 0 saturated heterocycles. The fraction of sp³-hybridized carbons (Fsp3) is 0.353. The molecule has 0 fully saturated rings. The van der Waals surface area contributed by atoms with E-state index in [1.807, 2.05) is 0 Å². The van der Waals surface area contributed by atoms with Gasteiger partial charge >= 0.3 is 0 Å². The summed E-state index contributed by atoms with van der Waals surface area (Å²) in [5.41, 5.74) is 5.18. The number of hydrogen-bond donors (Lipinski definition) is 2. The standard InChI is InChI=1S/C17H19N5O2/c1-11-2-3-12-5-21(6-13(12)4-11)16-15-17(19-9-18-16)22(10-20-15)14(7-23)8-24/h2-4,9-10,14,23-24H,5-8H2,1H3. The monoisotopic (exact) mass is 325 g/mol. The van der Waals surface area contributed by atoms with Crippen molar-refractivity contribution in [3.05, 3.63) is 47.5 Å². The molecule has 1 aliphatic rings. The average molecular weight is 325 g/mol. The van der Waals surface area contributed by atoms with Crippen molar-refractivity contribution in [2.75, 3.05) is 18.1 Å². The van der Waals surface area contributed by atoms with Gasteiger partial charge in [-0.15, -0.1) is 0 Å². The van der Waals surface area contributed by atoms with E-state index in [2.05, 4.69) is 45.0 Å². The Hall–Kier alpha value is -2.51. The second kappa shape index (κ2) is 5.85. The maximum absolute atomic E-state index is 9.42. The van der Waals surface area contributed by atoms with E-state index in [0.717, 1.165) is 18.9 Å². The Morgan fingerprint density at radius 2 is 1.88 bits per heavy atom. The first-order valence-electron chi connectivity index (χ1n) is 7.94. The van der Waals surface area contributed by atoms with Gasteiger partial charge < -0.3 is 19.7 Å². The number of anilines is 1. The number of aliphatic hydroxyl groups is 2. The van der Waals surface area contributed by atoms with Crippen molar-refractivity contribution in [2.45, 2.75) is 26.1 Å². The SMILES string of the molecule is Cc1ccc2c(c1)CN(c1ncnc3c1ncn3C(CO)CO)C2. The van der Waals surface area contributed by atoms with Gasteiger partial charge in [-0.2, -0.15) is 0 Å². The first-order chi connectivity index (χ1) is 11.7. The van der Waals surface area contributed by atoms with Crippen molar-refractivity contribution >= 4 is 17.0 Å². The molecule has 0 bridgehead atoms. The van der Waals surface area contributed by atoms with Crippen LogP contribution in [0, 0.1) is 6.92 Å². The normalized spacial score (nSPS) is 13.9. The Bertz CT molecular complexity index is 888. The second-order valence-electron chi connectivity index (χ2n) is 6.17. The van der Waals surface area contributed by atoms with Crippen LogP contribution in [0.1, 0.15) is 22.7 Å². The molecule has 0 radical (unpaired) electrons. The minimum Gasteiger partial charge on any atom is -0.394 e. The number of fused-ring (bicyclic) bond motifs is 2. The fourth-order valence-corrected chi connectivity index (χ4v) is 3.24. The minimum atomic E-state index is -0.448. The van der Waals surface area contributed by atoms with Crippen LogP contribution in [0.25, 0.3) is 11.2 Å². The van der Waals surface area contributed by atoms with Crippen LogP contribution in [-0.4, -0.2) is 42.9 Å². The van der Waals surface area contributed by atoms with Crippen molar-refractivity contribution in [2.24, 2.45) is 0 Å². The summed E-state index contributed by atoms with van der Waals surface area (Å²) in [5.74, 6) is 0.780. The van der Waals surface area contributed by atoms with E-state index < -0.39 is 6.04 Å². The van der Waals surface area contributed by atoms with Gasteiger partial charge in [0.2, 0.25) is 0 Å². The molecule has 2 aromatic heterocycles. The van der Waals surface area contributed by atoms with Crippen LogP contribution in [0.2, 0.25) is 0 Å². The lowest BCUT2D eigenvalue weighted by Gasteiger charge is -2.17. The molecule has 1 aromatic carbocycles. The summed E-state index contributed by atoms with van der Waals surface area (Å²) < 4.78 is 1.70. The van der Waals surface area contributed by atoms with Gasteiger partial charge in [-0.05, 0) is 18.1 Å². The van der Waals surface area contributed by atoms with Crippen LogP contribution in [0.3, 0.4) is 0 Å². The predicted molar refractivity (Wildman–Crippen MR) is 89.6 cm³/mol. The highest BCUT2D eigenvalue weighted by molar-refractivity contribution is 5.83. The predicted octanol–water partition coefficient (Wildman–Crippen LogP) is 1.18.